The Morgan fingerprint density at radius 3 is 2.83 bits per heavy atom. The van der Waals surface area contributed by atoms with Crippen LogP contribution in [0.25, 0.3) is 6.08 Å². The van der Waals surface area contributed by atoms with Crippen LogP contribution in [0.2, 0.25) is 5.02 Å². The van der Waals surface area contributed by atoms with Crippen molar-refractivity contribution >= 4 is 46.2 Å². The van der Waals surface area contributed by atoms with Gasteiger partial charge >= 0.3 is 0 Å². The first-order chi connectivity index (χ1) is 11.6. The molecule has 24 heavy (non-hydrogen) atoms. The van der Waals surface area contributed by atoms with Crippen LogP contribution in [-0.2, 0) is 4.79 Å². The maximum absolute atomic E-state index is 13.7. The first kappa shape index (κ1) is 16.5. The van der Waals surface area contributed by atoms with Gasteiger partial charge in [0.25, 0.3) is 5.91 Å². The second kappa shape index (κ2) is 7.07. The molecule has 3 rings (SSSR count). The highest BCUT2D eigenvalue weighted by Gasteiger charge is 2.24. The summed E-state index contributed by atoms with van der Waals surface area (Å²) < 4.78 is 18.9. The molecule has 1 N–H and O–H groups in total. The number of aliphatic imine (C=N–C) groups is 1. The minimum absolute atomic E-state index is 0.168. The van der Waals surface area contributed by atoms with Crippen LogP contribution in [-0.4, -0.2) is 18.2 Å². The van der Waals surface area contributed by atoms with Crippen LogP contribution in [0.15, 0.2) is 52.4 Å². The molecule has 0 aromatic heterocycles. The summed E-state index contributed by atoms with van der Waals surface area (Å²) in [6.07, 6.45) is 1.66. The minimum atomic E-state index is -0.450. The lowest BCUT2D eigenvalue weighted by Gasteiger charge is -2.05. The third-order valence-electron chi connectivity index (χ3n) is 3.20. The molecule has 2 aromatic carbocycles. The number of methoxy groups -OCH3 is 1. The van der Waals surface area contributed by atoms with Crippen molar-refractivity contribution in [2.75, 3.05) is 7.11 Å². The lowest BCUT2D eigenvalue weighted by molar-refractivity contribution is -0.115. The molecule has 0 bridgehead atoms. The molecule has 1 fully saturated rings. The summed E-state index contributed by atoms with van der Waals surface area (Å²) in [4.78, 5) is 16.7. The molecule has 0 aliphatic carbocycles. The lowest BCUT2D eigenvalue weighted by Crippen LogP contribution is -2.19. The molecule has 122 valence electrons. The highest BCUT2D eigenvalue weighted by molar-refractivity contribution is 8.18. The fourth-order valence-electron chi connectivity index (χ4n) is 2.09. The number of amidine groups is 1. The molecule has 0 radical (unpaired) electrons. The Labute approximate surface area is 147 Å². The van der Waals surface area contributed by atoms with Gasteiger partial charge in [0.2, 0.25) is 0 Å². The van der Waals surface area contributed by atoms with Gasteiger partial charge in [-0.1, -0.05) is 23.7 Å². The highest BCUT2D eigenvalue weighted by atomic mass is 35.5. The minimum Gasteiger partial charge on any atom is -0.496 e. The van der Waals surface area contributed by atoms with Crippen molar-refractivity contribution in [2.45, 2.75) is 0 Å². The molecule has 1 amide bonds. The Hall–Kier alpha value is -2.31. The number of amides is 1. The van der Waals surface area contributed by atoms with E-state index in [0.717, 1.165) is 11.8 Å². The molecule has 0 saturated carbocycles. The maximum atomic E-state index is 13.7. The van der Waals surface area contributed by atoms with Crippen LogP contribution in [0, 0.1) is 5.82 Å². The van der Waals surface area contributed by atoms with E-state index in [4.69, 9.17) is 16.3 Å². The maximum Gasteiger partial charge on any atom is 0.264 e. The second-order valence-electron chi connectivity index (χ2n) is 4.82. The summed E-state index contributed by atoms with van der Waals surface area (Å²) in [5, 5.41) is 3.47. The quantitative estimate of drug-likeness (QED) is 0.824. The average Bonchev–Trinajstić information content (AvgIpc) is 2.89. The molecular formula is C17H12ClFN2O2S. The van der Waals surface area contributed by atoms with Crippen molar-refractivity contribution in [3.63, 3.8) is 0 Å². The van der Waals surface area contributed by atoms with Crippen molar-refractivity contribution in [3.05, 3.63) is 63.8 Å². The Morgan fingerprint density at radius 2 is 2.08 bits per heavy atom. The topological polar surface area (TPSA) is 50.7 Å². The number of halogens is 2. The van der Waals surface area contributed by atoms with Gasteiger partial charge in [0.05, 0.1) is 12.0 Å². The predicted octanol–water partition coefficient (Wildman–Crippen LogP) is 4.38. The number of nitrogens with one attached hydrogen (secondary N) is 1. The summed E-state index contributed by atoms with van der Waals surface area (Å²) in [5.41, 5.74) is 0.844. The molecule has 1 aliphatic rings. The molecule has 0 spiro atoms. The Kier molecular flexibility index (Phi) is 4.87. The average molecular weight is 363 g/mol. The van der Waals surface area contributed by atoms with Crippen LogP contribution in [0.4, 0.5) is 10.1 Å². The molecule has 7 heteroatoms. The Bertz CT molecular complexity index is 867. The van der Waals surface area contributed by atoms with Gasteiger partial charge in [-0.25, -0.2) is 9.38 Å². The van der Waals surface area contributed by atoms with Gasteiger partial charge in [0, 0.05) is 10.6 Å². The third kappa shape index (κ3) is 3.60. The van der Waals surface area contributed by atoms with E-state index in [9.17, 15) is 9.18 Å². The number of hydrogen-bond donors (Lipinski definition) is 1. The number of thioether (sulfide) groups is 1. The number of para-hydroxylation sites is 1. The smallest absolute Gasteiger partial charge is 0.264 e. The number of hydrogen-bond acceptors (Lipinski definition) is 4. The summed E-state index contributed by atoms with van der Waals surface area (Å²) in [5.74, 6) is -0.161. The third-order valence-corrected chi connectivity index (χ3v) is 4.35. The summed E-state index contributed by atoms with van der Waals surface area (Å²) in [6.45, 7) is 0. The van der Waals surface area contributed by atoms with Gasteiger partial charge in [-0.2, -0.15) is 0 Å². The zero-order valence-corrected chi connectivity index (χ0v) is 14.1. The SMILES string of the molecule is COc1ccc(Cl)cc1/C=C1/SC(=Nc2ccccc2F)NC1=O. The van der Waals surface area contributed by atoms with Gasteiger partial charge in [-0.05, 0) is 48.2 Å². The number of nitrogens with zero attached hydrogens (tertiary/aromatic N) is 1. The van der Waals surface area contributed by atoms with E-state index < -0.39 is 5.82 Å². The molecule has 2 aromatic rings. The number of ether oxygens (including phenoxy) is 1. The van der Waals surface area contributed by atoms with Gasteiger partial charge in [0.15, 0.2) is 5.17 Å². The largest absolute Gasteiger partial charge is 0.496 e. The fourth-order valence-corrected chi connectivity index (χ4v) is 3.10. The van der Waals surface area contributed by atoms with E-state index >= 15 is 0 Å². The van der Waals surface area contributed by atoms with E-state index in [1.165, 1.54) is 19.2 Å². The number of rotatable bonds is 3. The predicted molar refractivity (Wildman–Crippen MR) is 95.2 cm³/mol. The molecule has 1 heterocycles. The number of benzene rings is 2. The second-order valence-corrected chi connectivity index (χ2v) is 6.29. The van der Waals surface area contributed by atoms with E-state index in [2.05, 4.69) is 10.3 Å². The van der Waals surface area contributed by atoms with Crippen molar-refractivity contribution in [3.8, 4) is 5.75 Å². The van der Waals surface area contributed by atoms with Crippen molar-refractivity contribution < 1.29 is 13.9 Å². The molecule has 0 atom stereocenters. The molecule has 1 saturated heterocycles. The first-order valence-electron chi connectivity index (χ1n) is 6.94. The van der Waals surface area contributed by atoms with E-state index in [-0.39, 0.29) is 11.6 Å². The Morgan fingerprint density at radius 1 is 1.29 bits per heavy atom. The highest BCUT2D eigenvalue weighted by Crippen LogP contribution is 2.32. The monoisotopic (exact) mass is 362 g/mol. The normalized spacial score (nSPS) is 17.4. The molecule has 0 unspecified atom stereocenters. The zero-order valence-electron chi connectivity index (χ0n) is 12.5. The van der Waals surface area contributed by atoms with Gasteiger partial charge < -0.3 is 10.1 Å². The van der Waals surface area contributed by atoms with Gasteiger partial charge in [0.1, 0.15) is 17.3 Å². The van der Waals surface area contributed by atoms with Crippen molar-refractivity contribution in [2.24, 2.45) is 4.99 Å². The lowest BCUT2D eigenvalue weighted by atomic mass is 10.2. The van der Waals surface area contributed by atoms with Crippen LogP contribution >= 0.6 is 23.4 Å². The zero-order chi connectivity index (χ0) is 17.1. The summed E-state index contributed by atoms with van der Waals surface area (Å²) in [6, 6.07) is 11.2. The van der Waals surface area contributed by atoms with Crippen molar-refractivity contribution in [1.29, 1.82) is 0 Å². The summed E-state index contributed by atoms with van der Waals surface area (Å²) in [7, 11) is 1.54. The molecule has 4 nitrogen and oxygen atoms in total. The Balaban J connectivity index is 1.91. The van der Waals surface area contributed by atoms with Gasteiger partial charge in [-0.3, -0.25) is 4.79 Å². The van der Waals surface area contributed by atoms with Crippen LogP contribution in [0.3, 0.4) is 0 Å². The number of carbonyl (C=O) groups is 1. The summed E-state index contributed by atoms with van der Waals surface area (Å²) >= 11 is 7.12. The first-order valence-corrected chi connectivity index (χ1v) is 8.14. The van der Waals surface area contributed by atoms with Crippen LogP contribution in [0.5, 0.6) is 5.75 Å². The molecular weight excluding hydrogens is 351 g/mol. The standard InChI is InChI=1S/C17H12ClFN2O2S/c1-23-14-7-6-11(18)8-10(14)9-15-16(22)21-17(24-15)20-13-5-3-2-4-12(13)19/h2-9H,1H3,(H,20,21,22)/b15-9+. The van der Waals surface area contributed by atoms with Crippen molar-refractivity contribution in [1.82, 2.24) is 5.32 Å². The van der Waals surface area contributed by atoms with Crippen LogP contribution < -0.4 is 10.1 Å². The van der Waals surface area contributed by atoms with E-state index in [1.807, 2.05) is 0 Å². The number of carbonyl (C=O) groups excluding carboxylic acids is 1. The van der Waals surface area contributed by atoms with Gasteiger partial charge in [-0.15, -0.1) is 0 Å². The molecule has 1 aliphatic heterocycles. The van der Waals surface area contributed by atoms with Crippen LogP contribution in [0.1, 0.15) is 5.56 Å². The van der Waals surface area contributed by atoms with E-state index in [0.29, 0.717) is 26.4 Å². The fraction of sp³-hybridized carbons (Fsp3) is 0.0588. The van der Waals surface area contributed by atoms with E-state index in [1.54, 1.807) is 36.4 Å².